The van der Waals surface area contributed by atoms with E-state index in [1.807, 2.05) is 0 Å². The number of piperazine rings is 1. The average molecular weight is 267 g/mol. The van der Waals surface area contributed by atoms with Gasteiger partial charge in [0.2, 0.25) is 0 Å². The van der Waals surface area contributed by atoms with Gasteiger partial charge in [-0.2, -0.15) is 0 Å². The Morgan fingerprint density at radius 2 is 1.58 bits per heavy atom. The van der Waals surface area contributed by atoms with E-state index in [0.29, 0.717) is 18.1 Å². The van der Waals surface area contributed by atoms with Crippen LogP contribution in [0.2, 0.25) is 0 Å². The third-order valence-electron chi connectivity index (χ3n) is 5.40. The summed E-state index contributed by atoms with van der Waals surface area (Å²) in [6.07, 6.45) is 3.87. The Morgan fingerprint density at radius 3 is 2.11 bits per heavy atom. The lowest BCUT2D eigenvalue weighted by Crippen LogP contribution is -2.58. The van der Waals surface area contributed by atoms with E-state index in [4.69, 9.17) is 5.73 Å². The van der Waals surface area contributed by atoms with E-state index in [0.717, 1.165) is 11.8 Å². The fourth-order valence-corrected chi connectivity index (χ4v) is 3.81. The zero-order chi connectivity index (χ0) is 14.0. The second-order valence-electron chi connectivity index (χ2n) is 7.21. The first-order valence-corrected chi connectivity index (χ1v) is 8.22. The second kappa shape index (κ2) is 6.55. The molecule has 0 aromatic heterocycles. The molecule has 0 aromatic rings. The van der Waals surface area contributed by atoms with Crippen molar-refractivity contribution >= 4 is 0 Å². The molecular weight excluding hydrogens is 234 g/mol. The zero-order valence-electron chi connectivity index (χ0n) is 13.3. The lowest BCUT2D eigenvalue weighted by atomic mass is 9.76. The zero-order valence-corrected chi connectivity index (χ0v) is 13.3. The van der Waals surface area contributed by atoms with Crippen molar-refractivity contribution in [3.05, 3.63) is 0 Å². The largest absolute Gasteiger partial charge is 0.326 e. The van der Waals surface area contributed by atoms with E-state index in [1.54, 1.807) is 0 Å². The molecule has 1 aliphatic heterocycles. The Morgan fingerprint density at radius 1 is 0.947 bits per heavy atom. The molecule has 1 heterocycles. The van der Waals surface area contributed by atoms with E-state index in [9.17, 15) is 0 Å². The summed E-state index contributed by atoms with van der Waals surface area (Å²) in [4.78, 5) is 5.27. The van der Waals surface area contributed by atoms with Crippen LogP contribution in [0.25, 0.3) is 0 Å². The summed E-state index contributed by atoms with van der Waals surface area (Å²) in [5, 5.41) is 0. The van der Waals surface area contributed by atoms with Gasteiger partial charge in [-0.05, 0) is 44.9 Å². The molecule has 112 valence electrons. The van der Waals surface area contributed by atoms with E-state index in [2.05, 4.69) is 37.5 Å². The maximum atomic E-state index is 6.41. The summed E-state index contributed by atoms with van der Waals surface area (Å²) >= 11 is 0. The van der Waals surface area contributed by atoms with Gasteiger partial charge >= 0.3 is 0 Å². The molecule has 0 amide bonds. The van der Waals surface area contributed by atoms with Crippen LogP contribution < -0.4 is 5.73 Å². The fraction of sp³-hybridized carbons (Fsp3) is 1.00. The molecule has 19 heavy (non-hydrogen) atoms. The molecule has 3 atom stereocenters. The van der Waals surface area contributed by atoms with Crippen molar-refractivity contribution in [1.82, 2.24) is 9.80 Å². The minimum absolute atomic E-state index is 0.403. The van der Waals surface area contributed by atoms with Crippen LogP contribution in [0.3, 0.4) is 0 Å². The molecule has 3 unspecified atom stereocenters. The van der Waals surface area contributed by atoms with Gasteiger partial charge in [0.25, 0.3) is 0 Å². The standard InChI is InChI=1S/C16H33N3/c1-12(2)14-5-6-15(17)16(11-14)19-9-7-18(8-10-19)13(3)4/h12-16H,5-11,17H2,1-4H3. The lowest BCUT2D eigenvalue weighted by Gasteiger charge is -2.46. The molecule has 2 aliphatic rings. The minimum atomic E-state index is 0.403. The molecule has 1 aliphatic carbocycles. The quantitative estimate of drug-likeness (QED) is 0.850. The molecule has 0 radical (unpaired) electrons. The van der Waals surface area contributed by atoms with Crippen molar-refractivity contribution < 1.29 is 0 Å². The Hall–Kier alpha value is -0.120. The summed E-state index contributed by atoms with van der Waals surface area (Å²) < 4.78 is 0. The summed E-state index contributed by atoms with van der Waals surface area (Å²) in [6.45, 7) is 14.2. The fourth-order valence-electron chi connectivity index (χ4n) is 3.81. The molecule has 2 N–H and O–H groups in total. The third-order valence-corrected chi connectivity index (χ3v) is 5.40. The molecule has 2 rings (SSSR count). The number of rotatable bonds is 3. The predicted molar refractivity (Wildman–Crippen MR) is 82.2 cm³/mol. The second-order valence-corrected chi connectivity index (χ2v) is 7.21. The maximum Gasteiger partial charge on any atom is 0.0251 e. The first-order chi connectivity index (χ1) is 8.99. The van der Waals surface area contributed by atoms with Crippen LogP contribution >= 0.6 is 0 Å². The molecular formula is C16H33N3. The Kier molecular flexibility index (Phi) is 5.27. The first kappa shape index (κ1) is 15.3. The van der Waals surface area contributed by atoms with Gasteiger partial charge in [-0.25, -0.2) is 0 Å². The van der Waals surface area contributed by atoms with Gasteiger partial charge in [-0.3, -0.25) is 9.80 Å². The number of nitrogens with two attached hydrogens (primary N) is 1. The van der Waals surface area contributed by atoms with Crippen molar-refractivity contribution in [2.75, 3.05) is 26.2 Å². The highest BCUT2D eigenvalue weighted by molar-refractivity contribution is 4.92. The van der Waals surface area contributed by atoms with Crippen molar-refractivity contribution in [2.45, 2.75) is 65.1 Å². The average Bonchev–Trinajstić information content (AvgIpc) is 2.39. The van der Waals surface area contributed by atoms with Gasteiger partial charge in [-0.15, -0.1) is 0 Å². The third kappa shape index (κ3) is 3.71. The van der Waals surface area contributed by atoms with E-state index >= 15 is 0 Å². The Bertz CT molecular complexity index is 269. The summed E-state index contributed by atoms with van der Waals surface area (Å²) in [6, 6.07) is 1.72. The predicted octanol–water partition coefficient (Wildman–Crippen LogP) is 2.16. The van der Waals surface area contributed by atoms with Crippen molar-refractivity contribution in [3.8, 4) is 0 Å². The van der Waals surface area contributed by atoms with Crippen molar-refractivity contribution in [1.29, 1.82) is 0 Å². The van der Waals surface area contributed by atoms with Crippen molar-refractivity contribution in [2.24, 2.45) is 17.6 Å². The molecule has 1 saturated carbocycles. The van der Waals surface area contributed by atoms with Gasteiger partial charge in [0.1, 0.15) is 0 Å². The minimum Gasteiger partial charge on any atom is -0.326 e. The van der Waals surface area contributed by atoms with Gasteiger partial charge in [0.05, 0.1) is 0 Å². The van der Waals surface area contributed by atoms with E-state index < -0.39 is 0 Å². The van der Waals surface area contributed by atoms with Gasteiger partial charge < -0.3 is 5.73 Å². The molecule has 2 fully saturated rings. The van der Waals surface area contributed by atoms with Gasteiger partial charge in [0.15, 0.2) is 0 Å². The van der Waals surface area contributed by atoms with Crippen LogP contribution in [0.4, 0.5) is 0 Å². The van der Waals surface area contributed by atoms with Crippen LogP contribution in [0.5, 0.6) is 0 Å². The molecule has 0 aromatic carbocycles. The van der Waals surface area contributed by atoms with Gasteiger partial charge in [0, 0.05) is 44.3 Å². The van der Waals surface area contributed by atoms with Crippen LogP contribution in [0.15, 0.2) is 0 Å². The SMILES string of the molecule is CC(C)C1CCC(N)C(N2CCN(C(C)C)CC2)C1. The topological polar surface area (TPSA) is 32.5 Å². The molecule has 3 nitrogen and oxygen atoms in total. The van der Waals surface area contributed by atoms with Crippen molar-refractivity contribution in [3.63, 3.8) is 0 Å². The van der Waals surface area contributed by atoms with Crippen LogP contribution in [0, 0.1) is 11.8 Å². The smallest absolute Gasteiger partial charge is 0.0251 e. The highest BCUT2D eigenvalue weighted by Crippen LogP contribution is 2.32. The number of hydrogen-bond donors (Lipinski definition) is 1. The van der Waals surface area contributed by atoms with E-state index in [-0.39, 0.29) is 0 Å². The molecule has 0 bridgehead atoms. The monoisotopic (exact) mass is 267 g/mol. The highest BCUT2D eigenvalue weighted by atomic mass is 15.3. The van der Waals surface area contributed by atoms with Crippen LogP contribution in [-0.2, 0) is 0 Å². The summed E-state index contributed by atoms with van der Waals surface area (Å²) in [5.41, 5.74) is 6.41. The summed E-state index contributed by atoms with van der Waals surface area (Å²) in [7, 11) is 0. The highest BCUT2D eigenvalue weighted by Gasteiger charge is 2.34. The van der Waals surface area contributed by atoms with Crippen LogP contribution in [0.1, 0.15) is 47.0 Å². The lowest BCUT2D eigenvalue weighted by molar-refractivity contribution is 0.0393. The molecule has 3 heteroatoms. The first-order valence-electron chi connectivity index (χ1n) is 8.22. The Labute approximate surface area is 119 Å². The summed E-state index contributed by atoms with van der Waals surface area (Å²) in [5.74, 6) is 1.69. The maximum absolute atomic E-state index is 6.41. The van der Waals surface area contributed by atoms with E-state index in [1.165, 1.54) is 45.4 Å². The number of hydrogen-bond acceptors (Lipinski definition) is 3. The normalized spacial score (nSPS) is 35.2. The number of nitrogens with zero attached hydrogens (tertiary/aromatic N) is 2. The van der Waals surface area contributed by atoms with Crippen LogP contribution in [-0.4, -0.2) is 54.1 Å². The Balaban J connectivity index is 1.90. The van der Waals surface area contributed by atoms with Gasteiger partial charge in [-0.1, -0.05) is 13.8 Å². The molecule has 0 spiro atoms. The molecule has 1 saturated heterocycles.